The summed E-state index contributed by atoms with van der Waals surface area (Å²) in [5, 5.41) is 5.41. The van der Waals surface area contributed by atoms with Crippen molar-refractivity contribution >= 4 is 23.2 Å². The summed E-state index contributed by atoms with van der Waals surface area (Å²) in [6.07, 6.45) is 0. The van der Waals surface area contributed by atoms with Crippen molar-refractivity contribution < 1.29 is 14.0 Å². The molecule has 0 atom stereocenters. The van der Waals surface area contributed by atoms with Gasteiger partial charge in [0.1, 0.15) is 11.2 Å². The van der Waals surface area contributed by atoms with Crippen molar-refractivity contribution in [2.45, 2.75) is 27.7 Å². The molecule has 2 aromatic rings. The summed E-state index contributed by atoms with van der Waals surface area (Å²) in [6, 6.07) is 11.1. The average molecular weight is 328 g/mol. The third kappa shape index (κ3) is 4.19. The van der Waals surface area contributed by atoms with Crippen molar-refractivity contribution in [3.63, 3.8) is 0 Å². The van der Waals surface area contributed by atoms with Gasteiger partial charge in [0, 0.05) is 11.4 Å². The molecular weight excluding hydrogens is 307 g/mol. The maximum absolute atomic E-state index is 12.9. The van der Waals surface area contributed by atoms with Gasteiger partial charge in [-0.25, -0.2) is 4.39 Å². The van der Waals surface area contributed by atoms with Gasteiger partial charge < -0.3 is 10.6 Å². The first-order valence-electron chi connectivity index (χ1n) is 7.65. The van der Waals surface area contributed by atoms with E-state index >= 15 is 0 Å². The summed E-state index contributed by atoms with van der Waals surface area (Å²) in [4.78, 5) is 24.9. The second kappa shape index (κ2) is 6.83. The number of anilines is 2. The van der Waals surface area contributed by atoms with E-state index in [1.165, 1.54) is 24.3 Å². The molecule has 0 bridgehead atoms. The predicted octanol–water partition coefficient (Wildman–Crippen LogP) is 4.05. The van der Waals surface area contributed by atoms with Crippen LogP contribution in [0.4, 0.5) is 15.8 Å². The van der Waals surface area contributed by atoms with Gasteiger partial charge in [0.15, 0.2) is 0 Å². The van der Waals surface area contributed by atoms with Crippen molar-refractivity contribution in [1.82, 2.24) is 0 Å². The Morgan fingerprint density at radius 1 is 0.833 bits per heavy atom. The third-order valence-electron chi connectivity index (χ3n) is 3.72. The first-order valence-corrected chi connectivity index (χ1v) is 7.65. The zero-order valence-electron chi connectivity index (χ0n) is 14.2. The molecule has 2 N–H and O–H groups in total. The molecule has 0 saturated heterocycles. The lowest BCUT2D eigenvalue weighted by atomic mass is 9.90. The standard InChI is InChI=1S/C19H21FN2O2/c1-12-9-13(2)11-16(10-12)22-18(24)19(3,4)17(23)21-15-7-5-14(20)6-8-15/h5-11H,1-4H3,(H,21,23)(H,22,24). The molecule has 0 aromatic heterocycles. The van der Waals surface area contributed by atoms with Crippen molar-refractivity contribution in [2.75, 3.05) is 10.6 Å². The van der Waals surface area contributed by atoms with E-state index in [0.29, 0.717) is 11.4 Å². The predicted molar refractivity (Wildman–Crippen MR) is 93.4 cm³/mol. The van der Waals surface area contributed by atoms with Gasteiger partial charge >= 0.3 is 0 Å². The first kappa shape index (κ1) is 17.7. The Morgan fingerprint density at radius 3 is 1.79 bits per heavy atom. The van der Waals surface area contributed by atoms with Gasteiger partial charge in [-0.15, -0.1) is 0 Å². The van der Waals surface area contributed by atoms with E-state index in [9.17, 15) is 14.0 Å². The quantitative estimate of drug-likeness (QED) is 0.832. The number of nitrogens with one attached hydrogen (secondary N) is 2. The van der Waals surface area contributed by atoms with Crippen LogP contribution >= 0.6 is 0 Å². The van der Waals surface area contributed by atoms with Crippen LogP contribution in [0.3, 0.4) is 0 Å². The average Bonchev–Trinajstić information content (AvgIpc) is 2.48. The smallest absolute Gasteiger partial charge is 0.239 e. The second-order valence-electron chi connectivity index (χ2n) is 6.42. The minimum atomic E-state index is -1.29. The zero-order valence-corrected chi connectivity index (χ0v) is 14.2. The molecule has 4 nitrogen and oxygen atoms in total. The summed E-state index contributed by atoms with van der Waals surface area (Å²) in [6.45, 7) is 6.97. The van der Waals surface area contributed by atoms with Gasteiger partial charge in [-0.2, -0.15) is 0 Å². The summed E-state index contributed by atoms with van der Waals surface area (Å²) >= 11 is 0. The Labute approximate surface area is 141 Å². The number of hydrogen-bond donors (Lipinski definition) is 2. The molecule has 0 spiro atoms. The number of amides is 2. The highest BCUT2D eigenvalue weighted by Gasteiger charge is 2.36. The van der Waals surface area contributed by atoms with Crippen molar-refractivity contribution in [3.8, 4) is 0 Å². The van der Waals surface area contributed by atoms with E-state index in [1.54, 1.807) is 13.8 Å². The van der Waals surface area contributed by atoms with Crippen molar-refractivity contribution in [2.24, 2.45) is 5.41 Å². The van der Waals surface area contributed by atoms with E-state index in [4.69, 9.17) is 0 Å². The molecule has 2 amide bonds. The lowest BCUT2D eigenvalue weighted by molar-refractivity contribution is -0.135. The molecule has 0 heterocycles. The largest absolute Gasteiger partial charge is 0.325 e. The van der Waals surface area contributed by atoms with Crippen molar-refractivity contribution in [1.29, 1.82) is 0 Å². The van der Waals surface area contributed by atoms with Gasteiger partial charge in [-0.05, 0) is 75.2 Å². The van der Waals surface area contributed by atoms with Gasteiger partial charge in [-0.3, -0.25) is 9.59 Å². The highest BCUT2D eigenvalue weighted by atomic mass is 19.1. The van der Waals surface area contributed by atoms with E-state index in [0.717, 1.165) is 11.1 Å². The molecule has 0 saturated carbocycles. The molecule has 2 aromatic carbocycles. The highest BCUT2D eigenvalue weighted by Crippen LogP contribution is 2.23. The molecule has 0 aliphatic heterocycles. The molecule has 0 aliphatic carbocycles. The van der Waals surface area contributed by atoms with E-state index in [-0.39, 0.29) is 5.82 Å². The summed E-state index contributed by atoms with van der Waals surface area (Å²) in [7, 11) is 0. The molecule has 0 unspecified atom stereocenters. The molecule has 126 valence electrons. The molecule has 5 heteroatoms. The Hall–Kier alpha value is -2.69. The Bertz CT molecular complexity index is 747. The fraction of sp³-hybridized carbons (Fsp3) is 0.263. The number of carbonyl (C=O) groups is 2. The number of benzene rings is 2. The number of rotatable bonds is 4. The summed E-state index contributed by atoms with van der Waals surface area (Å²) in [5.41, 5.74) is 1.86. The normalized spacial score (nSPS) is 11.0. The Kier molecular flexibility index (Phi) is 5.02. The Morgan fingerprint density at radius 2 is 1.29 bits per heavy atom. The number of hydrogen-bond acceptors (Lipinski definition) is 2. The van der Waals surface area contributed by atoms with Gasteiger partial charge in [0.2, 0.25) is 11.8 Å². The summed E-state index contributed by atoms with van der Waals surface area (Å²) in [5.74, 6) is -1.26. The van der Waals surface area contributed by atoms with Crippen LogP contribution in [0.5, 0.6) is 0 Å². The molecule has 2 rings (SSSR count). The molecule has 0 radical (unpaired) electrons. The van der Waals surface area contributed by atoms with Gasteiger partial charge in [0.25, 0.3) is 0 Å². The summed E-state index contributed by atoms with van der Waals surface area (Å²) < 4.78 is 12.9. The first-order chi connectivity index (χ1) is 11.2. The van der Waals surface area contributed by atoms with Crippen LogP contribution in [0.1, 0.15) is 25.0 Å². The van der Waals surface area contributed by atoms with Crippen LogP contribution in [0.15, 0.2) is 42.5 Å². The second-order valence-corrected chi connectivity index (χ2v) is 6.42. The fourth-order valence-electron chi connectivity index (χ4n) is 2.26. The van der Waals surface area contributed by atoms with Crippen LogP contribution in [-0.2, 0) is 9.59 Å². The van der Waals surface area contributed by atoms with Crippen molar-refractivity contribution in [3.05, 3.63) is 59.4 Å². The lowest BCUT2D eigenvalue weighted by Crippen LogP contribution is -2.41. The van der Waals surface area contributed by atoms with Gasteiger partial charge in [-0.1, -0.05) is 6.07 Å². The lowest BCUT2D eigenvalue weighted by Gasteiger charge is -2.23. The zero-order chi connectivity index (χ0) is 17.9. The number of halogens is 1. The minimum absolute atomic E-state index is 0.389. The molecule has 24 heavy (non-hydrogen) atoms. The molecule has 0 aliphatic rings. The van der Waals surface area contributed by atoms with E-state index in [2.05, 4.69) is 10.6 Å². The molecule has 0 fully saturated rings. The van der Waals surface area contributed by atoms with Crippen LogP contribution in [0.25, 0.3) is 0 Å². The maximum Gasteiger partial charge on any atom is 0.239 e. The van der Waals surface area contributed by atoms with Crippen LogP contribution < -0.4 is 10.6 Å². The topological polar surface area (TPSA) is 58.2 Å². The van der Waals surface area contributed by atoms with Crippen LogP contribution in [0, 0.1) is 25.1 Å². The van der Waals surface area contributed by atoms with Crippen LogP contribution in [-0.4, -0.2) is 11.8 Å². The third-order valence-corrected chi connectivity index (χ3v) is 3.72. The highest BCUT2D eigenvalue weighted by molar-refractivity contribution is 6.14. The number of carbonyl (C=O) groups excluding carboxylic acids is 2. The maximum atomic E-state index is 12.9. The van der Waals surface area contributed by atoms with E-state index < -0.39 is 17.2 Å². The SMILES string of the molecule is Cc1cc(C)cc(NC(=O)C(C)(C)C(=O)Nc2ccc(F)cc2)c1. The number of aryl methyl sites for hydroxylation is 2. The Balaban J connectivity index is 2.11. The van der Waals surface area contributed by atoms with Crippen LogP contribution in [0.2, 0.25) is 0 Å². The van der Waals surface area contributed by atoms with Gasteiger partial charge in [0.05, 0.1) is 0 Å². The van der Waals surface area contributed by atoms with E-state index in [1.807, 2.05) is 32.0 Å². The molecular formula is C19H21FN2O2. The fourth-order valence-corrected chi connectivity index (χ4v) is 2.26. The monoisotopic (exact) mass is 328 g/mol. The minimum Gasteiger partial charge on any atom is -0.325 e.